The average Bonchev–Trinajstić information content (AvgIpc) is 2.57. The molecular weight excluding hydrogens is 332 g/mol. The molecule has 0 radical (unpaired) electrons. The first kappa shape index (κ1) is 21.4. The van der Waals surface area contributed by atoms with Crippen LogP contribution in [0.5, 0.6) is 5.75 Å². The second-order valence-corrected chi connectivity index (χ2v) is 6.98. The fourth-order valence-electron chi connectivity index (χ4n) is 2.08. The van der Waals surface area contributed by atoms with E-state index in [1.54, 1.807) is 24.3 Å². The third-order valence-electron chi connectivity index (χ3n) is 3.76. The molecule has 0 heterocycles. The third-order valence-corrected chi connectivity index (χ3v) is 3.76. The Morgan fingerprint density at radius 3 is 2.27 bits per heavy atom. The molecule has 1 rings (SSSR count). The van der Waals surface area contributed by atoms with E-state index in [2.05, 4.69) is 23.8 Å². The average molecular weight is 360 g/mol. The van der Waals surface area contributed by atoms with Crippen molar-refractivity contribution in [2.45, 2.75) is 38.8 Å². The van der Waals surface area contributed by atoms with E-state index in [9.17, 15) is 14.7 Å². The van der Waals surface area contributed by atoms with E-state index in [1.807, 2.05) is 13.8 Å². The normalized spacial score (nSPS) is 11.4. The number of benzene rings is 1. The lowest BCUT2D eigenvalue weighted by Gasteiger charge is -2.29. The van der Waals surface area contributed by atoms with Gasteiger partial charge in [-0.1, -0.05) is 13.2 Å². The Balaban J connectivity index is 2.46. The number of hydrogen-bond acceptors (Lipinski definition) is 5. The van der Waals surface area contributed by atoms with Crippen molar-refractivity contribution >= 4 is 11.7 Å². The molecule has 0 fully saturated rings. The standard InChI is InChI=1S/C20H28N2O4/c1-7-17(23)22-19(3,4)14(2)21-12-13-26-16-10-8-15(9-11-16)18(24)20(5,6)25/h7-11,21,25H,1-2,12-13H2,3-6H3,(H,22,23). The van der Waals surface area contributed by atoms with Crippen molar-refractivity contribution in [1.29, 1.82) is 0 Å². The van der Waals surface area contributed by atoms with E-state index in [0.29, 0.717) is 30.2 Å². The van der Waals surface area contributed by atoms with Crippen LogP contribution < -0.4 is 15.4 Å². The third kappa shape index (κ3) is 6.37. The minimum atomic E-state index is -1.40. The zero-order valence-corrected chi connectivity index (χ0v) is 15.9. The number of hydrogen-bond donors (Lipinski definition) is 3. The van der Waals surface area contributed by atoms with Gasteiger partial charge in [0.25, 0.3) is 0 Å². The van der Waals surface area contributed by atoms with Crippen molar-refractivity contribution in [3.8, 4) is 5.75 Å². The summed E-state index contributed by atoms with van der Waals surface area (Å²) in [6.07, 6.45) is 1.21. The minimum Gasteiger partial charge on any atom is -0.492 e. The maximum Gasteiger partial charge on any atom is 0.244 e. The van der Waals surface area contributed by atoms with E-state index in [-0.39, 0.29) is 11.7 Å². The molecule has 0 atom stereocenters. The van der Waals surface area contributed by atoms with E-state index in [1.165, 1.54) is 19.9 Å². The van der Waals surface area contributed by atoms with Gasteiger partial charge in [-0.05, 0) is 58.0 Å². The summed E-state index contributed by atoms with van der Waals surface area (Å²) in [6.45, 7) is 14.8. The Kier molecular flexibility index (Phi) is 7.15. The van der Waals surface area contributed by atoms with Crippen molar-refractivity contribution in [1.82, 2.24) is 10.6 Å². The first-order valence-electron chi connectivity index (χ1n) is 8.35. The Morgan fingerprint density at radius 1 is 1.19 bits per heavy atom. The molecule has 0 saturated carbocycles. The van der Waals surface area contributed by atoms with Crippen molar-refractivity contribution < 1.29 is 19.4 Å². The van der Waals surface area contributed by atoms with Crippen LogP contribution in [0.15, 0.2) is 49.2 Å². The highest BCUT2D eigenvalue weighted by molar-refractivity contribution is 6.01. The lowest BCUT2D eigenvalue weighted by atomic mass is 9.97. The Bertz CT molecular complexity index is 670. The van der Waals surface area contributed by atoms with Gasteiger partial charge in [0.15, 0.2) is 5.78 Å². The Hall–Kier alpha value is -2.60. The molecule has 6 nitrogen and oxygen atoms in total. The van der Waals surface area contributed by atoms with Gasteiger partial charge in [-0.2, -0.15) is 0 Å². The molecule has 1 aromatic rings. The second-order valence-electron chi connectivity index (χ2n) is 6.98. The summed E-state index contributed by atoms with van der Waals surface area (Å²) in [5.41, 5.74) is -0.941. The van der Waals surface area contributed by atoms with Gasteiger partial charge in [-0.3, -0.25) is 9.59 Å². The Morgan fingerprint density at radius 2 is 1.77 bits per heavy atom. The van der Waals surface area contributed by atoms with Crippen LogP contribution in [0.3, 0.4) is 0 Å². The molecule has 26 heavy (non-hydrogen) atoms. The highest BCUT2D eigenvalue weighted by Crippen LogP contribution is 2.17. The molecule has 0 spiro atoms. The molecule has 0 aliphatic carbocycles. The smallest absolute Gasteiger partial charge is 0.244 e. The van der Waals surface area contributed by atoms with Crippen LogP contribution in [-0.4, -0.2) is 41.1 Å². The first-order valence-corrected chi connectivity index (χ1v) is 8.35. The molecule has 6 heteroatoms. The minimum absolute atomic E-state index is 0.269. The number of Topliss-reactive ketones (excluding diaryl/α,β-unsaturated/α-hetero) is 1. The molecule has 0 bridgehead atoms. The summed E-state index contributed by atoms with van der Waals surface area (Å²) in [5, 5.41) is 15.6. The van der Waals surface area contributed by atoms with Crippen LogP contribution in [0.25, 0.3) is 0 Å². The highest BCUT2D eigenvalue weighted by atomic mass is 16.5. The van der Waals surface area contributed by atoms with Gasteiger partial charge in [0.1, 0.15) is 18.0 Å². The number of amides is 1. The Labute approximate surface area is 154 Å². The summed E-state index contributed by atoms with van der Waals surface area (Å²) in [4.78, 5) is 23.4. The maximum absolute atomic E-state index is 12.0. The van der Waals surface area contributed by atoms with Gasteiger partial charge >= 0.3 is 0 Å². The number of rotatable bonds is 10. The van der Waals surface area contributed by atoms with Gasteiger partial charge in [-0.25, -0.2) is 0 Å². The van der Waals surface area contributed by atoms with E-state index < -0.39 is 11.1 Å². The summed E-state index contributed by atoms with van der Waals surface area (Å²) >= 11 is 0. The zero-order chi connectivity index (χ0) is 20.0. The lowest BCUT2D eigenvalue weighted by molar-refractivity contribution is -0.117. The van der Waals surface area contributed by atoms with E-state index in [4.69, 9.17) is 4.74 Å². The number of carbonyl (C=O) groups is 2. The van der Waals surface area contributed by atoms with E-state index in [0.717, 1.165) is 0 Å². The highest BCUT2D eigenvalue weighted by Gasteiger charge is 2.25. The van der Waals surface area contributed by atoms with Gasteiger partial charge in [0, 0.05) is 17.8 Å². The van der Waals surface area contributed by atoms with Crippen molar-refractivity contribution in [2.75, 3.05) is 13.2 Å². The number of carbonyl (C=O) groups excluding carboxylic acids is 2. The van der Waals surface area contributed by atoms with Crippen molar-refractivity contribution in [2.24, 2.45) is 0 Å². The quantitative estimate of drug-likeness (QED) is 0.338. The predicted octanol–water partition coefficient (Wildman–Crippen LogP) is 2.20. The number of nitrogens with one attached hydrogen (secondary N) is 2. The largest absolute Gasteiger partial charge is 0.492 e. The molecule has 0 aromatic heterocycles. The lowest BCUT2D eigenvalue weighted by Crippen LogP contribution is -2.48. The molecule has 0 aliphatic heterocycles. The summed E-state index contributed by atoms with van der Waals surface area (Å²) in [6, 6.07) is 6.61. The SMILES string of the molecule is C=CC(=O)NC(C)(C)C(=C)NCCOc1ccc(C(=O)C(C)(C)O)cc1. The summed E-state index contributed by atoms with van der Waals surface area (Å²) < 4.78 is 5.61. The van der Waals surface area contributed by atoms with Gasteiger partial charge < -0.3 is 20.5 Å². The zero-order valence-electron chi connectivity index (χ0n) is 15.9. The number of ether oxygens (including phenoxy) is 1. The second kappa shape index (κ2) is 8.67. The van der Waals surface area contributed by atoms with Crippen molar-refractivity contribution in [3.63, 3.8) is 0 Å². The fourth-order valence-corrected chi connectivity index (χ4v) is 2.08. The monoisotopic (exact) mass is 360 g/mol. The van der Waals surface area contributed by atoms with Crippen LogP contribution >= 0.6 is 0 Å². The predicted molar refractivity (Wildman–Crippen MR) is 102 cm³/mol. The van der Waals surface area contributed by atoms with Crippen LogP contribution in [0.2, 0.25) is 0 Å². The number of ketones is 1. The summed E-state index contributed by atoms with van der Waals surface area (Å²) in [5.74, 6) is 0.00430. The van der Waals surface area contributed by atoms with Crippen LogP contribution in [0.1, 0.15) is 38.1 Å². The molecule has 142 valence electrons. The summed E-state index contributed by atoms with van der Waals surface area (Å²) in [7, 11) is 0. The van der Waals surface area contributed by atoms with Gasteiger partial charge in [0.2, 0.25) is 5.91 Å². The molecule has 0 saturated heterocycles. The topological polar surface area (TPSA) is 87.7 Å². The molecule has 1 amide bonds. The first-order chi connectivity index (χ1) is 12.0. The molecule has 1 aromatic carbocycles. The molecular formula is C20H28N2O4. The van der Waals surface area contributed by atoms with Gasteiger partial charge in [0.05, 0.1) is 5.54 Å². The van der Waals surface area contributed by atoms with Crippen LogP contribution in [0.4, 0.5) is 0 Å². The van der Waals surface area contributed by atoms with Crippen LogP contribution in [-0.2, 0) is 4.79 Å². The van der Waals surface area contributed by atoms with E-state index >= 15 is 0 Å². The van der Waals surface area contributed by atoms with Crippen molar-refractivity contribution in [3.05, 3.63) is 54.8 Å². The number of aliphatic hydroxyl groups is 1. The van der Waals surface area contributed by atoms with Crippen LogP contribution in [0, 0.1) is 0 Å². The maximum atomic E-state index is 12.0. The fraction of sp³-hybridized carbons (Fsp3) is 0.400. The van der Waals surface area contributed by atoms with Gasteiger partial charge in [-0.15, -0.1) is 0 Å². The molecule has 3 N–H and O–H groups in total. The molecule has 0 aliphatic rings. The molecule has 0 unspecified atom stereocenters.